The molecule has 0 spiro atoms. The van der Waals surface area contributed by atoms with E-state index in [2.05, 4.69) is 9.71 Å². The highest BCUT2D eigenvalue weighted by Gasteiger charge is 2.16. The van der Waals surface area contributed by atoms with Gasteiger partial charge in [-0.25, -0.2) is 13.4 Å². The highest BCUT2D eigenvalue weighted by Crippen LogP contribution is 2.21. The molecule has 0 bridgehead atoms. The zero-order valence-corrected chi connectivity index (χ0v) is 13.5. The minimum atomic E-state index is -3.62. The maximum Gasteiger partial charge on any atom is 0.261 e. The average molecular weight is 315 g/mol. The topological polar surface area (TPSA) is 64.0 Å². The van der Waals surface area contributed by atoms with Crippen LogP contribution in [0.5, 0.6) is 0 Å². The van der Waals surface area contributed by atoms with E-state index in [1.165, 1.54) is 0 Å². The highest BCUT2D eigenvalue weighted by molar-refractivity contribution is 7.92. The van der Waals surface area contributed by atoms with E-state index in [0.29, 0.717) is 11.2 Å². The smallest absolute Gasteiger partial charge is 0.261 e. The molecule has 0 atom stereocenters. The Morgan fingerprint density at radius 3 is 2.41 bits per heavy atom. The third-order valence-corrected chi connectivity index (χ3v) is 5.07. The summed E-state index contributed by atoms with van der Waals surface area (Å²) in [5.74, 6) is 0.844. The molecule has 6 heteroatoms. The van der Waals surface area contributed by atoms with Gasteiger partial charge in [0.25, 0.3) is 10.0 Å². The van der Waals surface area contributed by atoms with Gasteiger partial charge in [-0.05, 0) is 44.2 Å². The van der Waals surface area contributed by atoms with E-state index in [9.17, 15) is 8.42 Å². The van der Waals surface area contributed by atoms with Crippen LogP contribution in [-0.2, 0) is 17.1 Å². The molecule has 1 N–H and O–H groups in total. The number of imidazole rings is 1. The van der Waals surface area contributed by atoms with Crippen molar-refractivity contribution in [2.75, 3.05) is 4.72 Å². The van der Waals surface area contributed by atoms with Crippen LogP contribution in [-0.4, -0.2) is 18.0 Å². The number of fused-ring (bicyclic) bond motifs is 1. The Morgan fingerprint density at radius 2 is 1.73 bits per heavy atom. The number of rotatable bonds is 3. The molecule has 0 radical (unpaired) electrons. The first kappa shape index (κ1) is 14.6. The van der Waals surface area contributed by atoms with Crippen molar-refractivity contribution in [1.29, 1.82) is 0 Å². The van der Waals surface area contributed by atoms with Crippen molar-refractivity contribution in [3.05, 3.63) is 53.9 Å². The molecule has 5 nitrogen and oxygen atoms in total. The molecule has 22 heavy (non-hydrogen) atoms. The molecule has 1 heterocycles. The summed E-state index contributed by atoms with van der Waals surface area (Å²) in [6.45, 7) is 3.84. The number of aromatic nitrogens is 2. The Balaban J connectivity index is 1.99. The van der Waals surface area contributed by atoms with E-state index in [4.69, 9.17) is 0 Å². The van der Waals surface area contributed by atoms with Gasteiger partial charge in [0.05, 0.1) is 15.9 Å². The molecular formula is C16H17N3O2S. The van der Waals surface area contributed by atoms with Crippen molar-refractivity contribution in [2.24, 2.45) is 7.05 Å². The Morgan fingerprint density at radius 1 is 1.05 bits per heavy atom. The average Bonchev–Trinajstić information content (AvgIpc) is 2.76. The van der Waals surface area contributed by atoms with Crippen LogP contribution in [0.15, 0.2) is 47.4 Å². The van der Waals surface area contributed by atoms with Crippen molar-refractivity contribution in [3.63, 3.8) is 0 Å². The van der Waals surface area contributed by atoms with Gasteiger partial charge in [-0.3, -0.25) is 4.72 Å². The number of benzene rings is 2. The monoisotopic (exact) mass is 315 g/mol. The van der Waals surface area contributed by atoms with Crippen LogP contribution in [0.4, 0.5) is 5.69 Å². The van der Waals surface area contributed by atoms with Gasteiger partial charge in [-0.2, -0.15) is 0 Å². The molecule has 0 unspecified atom stereocenters. The van der Waals surface area contributed by atoms with Crippen molar-refractivity contribution in [2.45, 2.75) is 18.7 Å². The molecule has 0 aliphatic rings. The fraction of sp³-hybridized carbons (Fsp3) is 0.188. The zero-order valence-electron chi connectivity index (χ0n) is 12.7. The van der Waals surface area contributed by atoms with Gasteiger partial charge in [0.1, 0.15) is 5.82 Å². The van der Waals surface area contributed by atoms with Gasteiger partial charge in [0.2, 0.25) is 0 Å². The first-order valence-electron chi connectivity index (χ1n) is 6.89. The van der Waals surface area contributed by atoms with E-state index >= 15 is 0 Å². The third kappa shape index (κ3) is 2.57. The molecule has 0 amide bonds. The molecular weight excluding hydrogens is 298 g/mol. The molecule has 0 saturated heterocycles. The summed E-state index contributed by atoms with van der Waals surface area (Å²) in [6.07, 6.45) is 0. The lowest BCUT2D eigenvalue weighted by molar-refractivity contribution is 0.601. The standard InChI is InChI=1S/C16H17N3O2S/c1-11-4-6-13(7-5-11)18-22(20,21)14-8-9-16-15(10-14)17-12(2)19(16)3/h4-10,18H,1-3H3. The van der Waals surface area contributed by atoms with Crippen LogP contribution >= 0.6 is 0 Å². The second kappa shape index (κ2) is 5.14. The number of sulfonamides is 1. The molecule has 0 aliphatic heterocycles. The first-order valence-corrected chi connectivity index (χ1v) is 8.38. The van der Waals surface area contributed by atoms with Crippen LogP contribution < -0.4 is 4.72 Å². The minimum absolute atomic E-state index is 0.207. The fourth-order valence-corrected chi connectivity index (χ4v) is 3.38. The lowest BCUT2D eigenvalue weighted by Crippen LogP contribution is -2.12. The molecule has 1 aromatic heterocycles. The zero-order chi connectivity index (χ0) is 15.9. The summed E-state index contributed by atoms with van der Waals surface area (Å²) < 4.78 is 29.5. The Hall–Kier alpha value is -2.34. The normalized spacial score (nSPS) is 11.8. The molecule has 0 saturated carbocycles. The van der Waals surface area contributed by atoms with Crippen LogP contribution in [0.1, 0.15) is 11.4 Å². The Kier molecular flexibility index (Phi) is 3.41. The van der Waals surface area contributed by atoms with Gasteiger partial charge in [-0.15, -0.1) is 0 Å². The first-order chi connectivity index (χ1) is 10.4. The largest absolute Gasteiger partial charge is 0.331 e. The summed E-state index contributed by atoms with van der Waals surface area (Å²) in [6, 6.07) is 12.2. The number of nitrogens with one attached hydrogen (secondary N) is 1. The summed E-state index contributed by atoms with van der Waals surface area (Å²) >= 11 is 0. The van der Waals surface area contributed by atoms with Crippen molar-refractivity contribution in [1.82, 2.24) is 9.55 Å². The second-order valence-electron chi connectivity index (χ2n) is 5.34. The summed E-state index contributed by atoms with van der Waals surface area (Å²) in [7, 11) is -1.71. The van der Waals surface area contributed by atoms with E-state index < -0.39 is 10.0 Å². The predicted octanol–water partition coefficient (Wildman–Crippen LogP) is 2.99. The van der Waals surface area contributed by atoms with Gasteiger partial charge in [0.15, 0.2) is 0 Å². The SMILES string of the molecule is Cc1ccc(NS(=O)(=O)c2ccc3c(c2)nc(C)n3C)cc1. The van der Waals surface area contributed by atoms with E-state index in [-0.39, 0.29) is 4.90 Å². The molecule has 0 fully saturated rings. The number of anilines is 1. The predicted molar refractivity (Wildman–Crippen MR) is 87.4 cm³/mol. The lowest BCUT2D eigenvalue weighted by atomic mass is 10.2. The lowest BCUT2D eigenvalue weighted by Gasteiger charge is -2.08. The second-order valence-corrected chi connectivity index (χ2v) is 7.02. The maximum atomic E-state index is 12.5. The van der Waals surface area contributed by atoms with Gasteiger partial charge in [-0.1, -0.05) is 17.7 Å². The summed E-state index contributed by atoms with van der Waals surface area (Å²) in [5.41, 5.74) is 3.20. The van der Waals surface area contributed by atoms with Gasteiger partial charge >= 0.3 is 0 Å². The van der Waals surface area contributed by atoms with E-state index in [1.807, 2.05) is 37.6 Å². The molecule has 3 aromatic rings. The number of hydrogen-bond acceptors (Lipinski definition) is 3. The van der Waals surface area contributed by atoms with Crippen molar-refractivity contribution >= 4 is 26.7 Å². The Bertz CT molecular complexity index is 941. The molecule has 3 rings (SSSR count). The van der Waals surface area contributed by atoms with Crippen molar-refractivity contribution in [3.8, 4) is 0 Å². The number of hydrogen-bond donors (Lipinski definition) is 1. The summed E-state index contributed by atoms with van der Waals surface area (Å²) in [5, 5.41) is 0. The highest BCUT2D eigenvalue weighted by atomic mass is 32.2. The van der Waals surface area contributed by atoms with Crippen molar-refractivity contribution < 1.29 is 8.42 Å². The molecule has 2 aromatic carbocycles. The van der Waals surface area contributed by atoms with Crippen LogP contribution in [0.25, 0.3) is 11.0 Å². The van der Waals surface area contributed by atoms with Crippen LogP contribution in [0.3, 0.4) is 0 Å². The molecule has 114 valence electrons. The quantitative estimate of drug-likeness (QED) is 0.808. The van der Waals surface area contributed by atoms with Gasteiger partial charge < -0.3 is 4.57 Å². The minimum Gasteiger partial charge on any atom is -0.331 e. The maximum absolute atomic E-state index is 12.5. The fourth-order valence-electron chi connectivity index (χ4n) is 2.30. The van der Waals surface area contributed by atoms with Crippen LogP contribution in [0, 0.1) is 13.8 Å². The Labute approximate surface area is 129 Å². The summed E-state index contributed by atoms with van der Waals surface area (Å²) in [4.78, 5) is 4.58. The number of nitrogens with zero attached hydrogens (tertiary/aromatic N) is 2. The van der Waals surface area contributed by atoms with Crippen LogP contribution in [0.2, 0.25) is 0 Å². The van der Waals surface area contributed by atoms with E-state index in [1.54, 1.807) is 30.3 Å². The molecule has 0 aliphatic carbocycles. The van der Waals surface area contributed by atoms with E-state index in [0.717, 1.165) is 16.9 Å². The number of aryl methyl sites for hydroxylation is 3. The third-order valence-electron chi connectivity index (χ3n) is 3.69. The van der Waals surface area contributed by atoms with Gasteiger partial charge in [0, 0.05) is 12.7 Å².